The van der Waals surface area contributed by atoms with Crippen molar-refractivity contribution in [2.75, 3.05) is 5.73 Å². The zero-order valence-corrected chi connectivity index (χ0v) is 11.1. The first kappa shape index (κ1) is 13.9. The van der Waals surface area contributed by atoms with Gasteiger partial charge in [0.1, 0.15) is 11.6 Å². The van der Waals surface area contributed by atoms with Crippen molar-refractivity contribution in [3.63, 3.8) is 0 Å². The number of anilines is 1. The van der Waals surface area contributed by atoms with Gasteiger partial charge in [-0.05, 0) is 31.5 Å². The summed E-state index contributed by atoms with van der Waals surface area (Å²) < 4.78 is 19.2. The Kier molecular flexibility index (Phi) is 3.61. The summed E-state index contributed by atoms with van der Waals surface area (Å²) in [6.45, 7) is 3.81. The number of benzene rings is 2. The Balaban J connectivity index is 2.39. The number of nitrogens with two attached hydrogens (primary N) is 1. The number of hydrogen-bond donors (Lipinski definition) is 2. The van der Waals surface area contributed by atoms with Crippen LogP contribution in [0.3, 0.4) is 0 Å². The van der Waals surface area contributed by atoms with E-state index < -0.39 is 17.3 Å². The molecule has 20 heavy (non-hydrogen) atoms. The minimum atomic E-state index is -1.37. The number of hydrogen-bond acceptors (Lipinski definition) is 3. The van der Waals surface area contributed by atoms with Crippen molar-refractivity contribution in [2.45, 2.75) is 13.8 Å². The summed E-state index contributed by atoms with van der Waals surface area (Å²) in [6, 6.07) is 7.58. The summed E-state index contributed by atoms with van der Waals surface area (Å²) in [4.78, 5) is 10.8. The summed E-state index contributed by atoms with van der Waals surface area (Å²) >= 11 is 0. The first-order valence-electron chi connectivity index (χ1n) is 5.96. The molecule has 0 atom stereocenters. The quantitative estimate of drug-likeness (QED) is 0.841. The lowest BCUT2D eigenvalue weighted by atomic mass is 10.1. The van der Waals surface area contributed by atoms with Crippen molar-refractivity contribution in [2.24, 2.45) is 0 Å². The maximum Gasteiger partial charge on any atom is 0.338 e. The summed E-state index contributed by atoms with van der Waals surface area (Å²) in [5.74, 6) is -1.61. The van der Waals surface area contributed by atoms with Crippen molar-refractivity contribution >= 4 is 11.7 Å². The van der Waals surface area contributed by atoms with E-state index in [2.05, 4.69) is 0 Å². The van der Waals surface area contributed by atoms with Gasteiger partial charge < -0.3 is 15.6 Å². The second-order valence-corrected chi connectivity index (χ2v) is 4.55. The molecule has 0 saturated heterocycles. The monoisotopic (exact) mass is 275 g/mol. The molecular weight excluding hydrogens is 261 g/mol. The van der Waals surface area contributed by atoms with Gasteiger partial charge in [0.25, 0.3) is 0 Å². The molecule has 4 nitrogen and oxygen atoms in total. The standard InChI is InChI=1S/C15H14FNO3/c1-8-3-4-13(9(2)5-8)20-14-7-11(16)10(15(18)19)6-12(14)17/h3-7H,17H2,1-2H3,(H,18,19). The van der Waals surface area contributed by atoms with Crippen LogP contribution in [-0.4, -0.2) is 11.1 Å². The van der Waals surface area contributed by atoms with E-state index >= 15 is 0 Å². The number of aromatic carboxylic acids is 1. The summed E-state index contributed by atoms with van der Waals surface area (Å²) in [5, 5.41) is 8.81. The molecule has 3 N–H and O–H groups in total. The molecule has 0 amide bonds. The van der Waals surface area contributed by atoms with Crippen molar-refractivity contribution < 1.29 is 19.0 Å². The van der Waals surface area contributed by atoms with E-state index in [0.29, 0.717) is 5.75 Å². The molecule has 0 heterocycles. The van der Waals surface area contributed by atoms with Crippen LogP contribution in [0.4, 0.5) is 10.1 Å². The number of carboxylic acid groups (broad SMARTS) is 1. The highest BCUT2D eigenvalue weighted by atomic mass is 19.1. The van der Waals surface area contributed by atoms with Gasteiger partial charge in [-0.1, -0.05) is 17.7 Å². The van der Waals surface area contributed by atoms with Gasteiger partial charge >= 0.3 is 5.97 Å². The Labute approximate surface area is 115 Å². The van der Waals surface area contributed by atoms with Crippen LogP contribution >= 0.6 is 0 Å². The van der Waals surface area contributed by atoms with Crippen LogP contribution in [0.1, 0.15) is 21.5 Å². The van der Waals surface area contributed by atoms with E-state index in [-0.39, 0.29) is 11.4 Å². The molecule has 0 radical (unpaired) electrons. The number of aryl methyl sites for hydroxylation is 2. The summed E-state index contributed by atoms with van der Waals surface area (Å²) in [7, 11) is 0. The molecule has 0 aromatic heterocycles. The molecule has 5 heteroatoms. The van der Waals surface area contributed by atoms with Crippen molar-refractivity contribution in [1.29, 1.82) is 0 Å². The summed E-state index contributed by atoms with van der Waals surface area (Å²) in [5.41, 5.74) is 7.26. The Morgan fingerprint density at radius 3 is 2.50 bits per heavy atom. The van der Waals surface area contributed by atoms with Gasteiger partial charge in [-0.3, -0.25) is 0 Å². The number of nitrogen functional groups attached to an aromatic ring is 1. The molecule has 0 fully saturated rings. The fraction of sp³-hybridized carbons (Fsp3) is 0.133. The third-order valence-corrected chi connectivity index (χ3v) is 2.88. The Morgan fingerprint density at radius 1 is 1.20 bits per heavy atom. The number of rotatable bonds is 3. The van der Waals surface area contributed by atoms with Crippen molar-refractivity contribution in [3.05, 3.63) is 52.8 Å². The molecule has 104 valence electrons. The molecule has 0 bridgehead atoms. The smallest absolute Gasteiger partial charge is 0.338 e. The van der Waals surface area contributed by atoms with Gasteiger partial charge in [-0.25, -0.2) is 9.18 Å². The minimum absolute atomic E-state index is 0.0729. The Hall–Kier alpha value is -2.56. The molecule has 0 aliphatic heterocycles. The SMILES string of the molecule is Cc1ccc(Oc2cc(F)c(C(=O)O)cc2N)c(C)c1. The Morgan fingerprint density at radius 2 is 1.90 bits per heavy atom. The molecule has 0 aliphatic carbocycles. The van der Waals surface area contributed by atoms with Gasteiger partial charge in [0.2, 0.25) is 0 Å². The first-order chi connectivity index (χ1) is 9.38. The largest absolute Gasteiger partial charge is 0.478 e. The predicted octanol–water partition coefficient (Wildman–Crippen LogP) is 3.52. The normalized spacial score (nSPS) is 10.3. The van der Waals surface area contributed by atoms with Crippen molar-refractivity contribution in [1.82, 2.24) is 0 Å². The molecule has 2 aromatic rings. The molecule has 0 aliphatic rings. The van der Waals surface area contributed by atoms with Crippen LogP contribution in [0, 0.1) is 19.7 Å². The van der Waals surface area contributed by atoms with Crippen LogP contribution in [-0.2, 0) is 0 Å². The lowest BCUT2D eigenvalue weighted by Gasteiger charge is -2.12. The summed E-state index contributed by atoms with van der Waals surface area (Å²) in [6.07, 6.45) is 0. The van der Waals surface area contributed by atoms with E-state index in [0.717, 1.165) is 23.3 Å². The van der Waals surface area contributed by atoms with Crippen LogP contribution in [0.15, 0.2) is 30.3 Å². The lowest BCUT2D eigenvalue weighted by molar-refractivity contribution is 0.0692. The second-order valence-electron chi connectivity index (χ2n) is 4.55. The zero-order valence-electron chi connectivity index (χ0n) is 11.1. The lowest BCUT2D eigenvalue weighted by Crippen LogP contribution is -2.03. The highest BCUT2D eigenvalue weighted by Crippen LogP contribution is 2.32. The number of carbonyl (C=O) groups is 1. The van der Waals surface area contributed by atoms with E-state index in [1.165, 1.54) is 0 Å². The Bertz CT molecular complexity index is 683. The van der Waals surface area contributed by atoms with Gasteiger partial charge in [-0.2, -0.15) is 0 Å². The van der Waals surface area contributed by atoms with Gasteiger partial charge in [0.05, 0.1) is 11.3 Å². The molecular formula is C15H14FNO3. The fourth-order valence-electron chi connectivity index (χ4n) is 1.86. The zero-order chi connectivity index (χ0) is 14.9. The first-order valence-corrected chi connectivity index (χ1v) is 5.96. The number of ether oxygens (including phenoxy) is 1. The predicted molar refractivity (Wildman–Crippen MR) is 73.8 cm³/mol. The average molecular weight is 275 g/mol. The van der Waals surface area contributed by atoms with E-state index in [1.807, 2.05) is 26.0 Å². The van der Waals surface area contributed by atoms with E-state index in [4.69, 9.17) is 15.6 Å². The average Bonchev–Trinajstić information content (AvgIpc) is 2.36. The molecule has 2 aromatic carbocycles. The third kappa shape index (κ3) is 2.71. The molecule has 0 unspecified atom stereocenters. The molecule has 0 spiro atoms. The highest BCUT2D eigenvalue weighted by molar-refractivity contribution is 5.89. The van der Waals surface area contributed by atoms with Crippen LogP contribution in [0.5, 0.6) is 11.5 Å². The maximum atomic E-state index is 13.6. The van der Waals surface area contributed by atoms with Gasteiger partial charge in [0.15, 0.2) is 5.75 Å². The number of carboxylic acids is 1. The molecule has 0 saturated carbocycles. The maximum absolute atomic E-state index is 13.6. The van der Waals surface area contributed by atoms with Gasteiger partial charge in [-0.15, -0.1) is 0 Å². The van der Waals surface area contributed by atoms with Crippen LogP contribution < -0.4 is 10.5 Å². The van der Waals surface area contributed by atoms with Crippen molar-refractivity contribution in [3.8, 4) is 11.5 Å². The van der Waals surface area contributed by atoms with Crippen LogP contribution in [0.25, 0.3) is 0 Å². The van der Waals surface area contributed by atoms with Crippen LogP contribution in [0.2, 0.25) is 0 Å². The second kappa shape index (κ2) is 5.21. The number of halogens is 1. The van der Waals surface area contributed by atoms with E-state index in [9.17, 15) is 9.18 Å². The fourth-order valence-corrected chi connectivity index (χ4v) is 1.86. The highest BCUT2D eigenvalue weighted by Gasteiger charge is 2.15. The molecule has 2 rings (SSSR count). The third-order valence-electron chi connectivity index (χ3n) is 2.88. The van der Waals surface area contributed by atoms with Gasteiger partial charge in [0, 0.05) is 6.07 Å². The topological polar surface area (TPSA) is 72.5 Å². The van der Waals surface area contributed by atoms with E-state index in [1.54, 1.807) is 6.07 Å². The minimum Gasteiger partial charge on any atom is -0.478 e.